The van der Waals surface area contributed by atoms with Crippen LogP contribution in [-0.4, -0.2) is 26.1 Å². The Balaban J connectivity index is 1.86. The highest BCUT2D eigenvalue weighted by atomic mass is 15.4. The van der Waals surface area contributed by atoms with Crippen molar-refractivity contribution in [3.8, 4) is 0 Å². The fourth-order valence-corrected chi connectivity index (χ4v) is 3.64. The molecule has 0 saturated heterocycles. The zero-order chi connectivity index (χ0) is 19.3. The first-order valence-corrected chi connectivity index (χ1v) is 9.84. The third-order valence-corrected chi connectivity index (χ3v) is 5.04. The molecule has 0 aliphatic heterocycles. The molecule has 0 aliphatic rings. The molecule has 0 fully saturated rings. The van der Waals surface area contributed by atoms with Crippen LogP contribution in [0.15, 0.2) is 67.0 Å². The topological polar surface area (TPSA) is 46.3 Å². The molecule has 0 aliphatic carbocycles. The smallest absolute Gasteiger partial charge is 0.254 e. The van der Waals surface area contributed by atoms with Crippen molar-refractivity contribution < 1.29 is 0 Å². The highest BCUT2D eigenvalue weighted by Crippen LogP contribution is 2.28. The zero-order valence-corrected chi connectivity index (χ0v) is 16.4. The van der Waals surface area contributed by atoms with Gasteiger partial charge in [-0.2, -0.15) is 14.6 Å². The Labute approximate surface area is 165 Å². The maximum Gasteiger partial charge on any atom is 0.254 e. The first-order valence-electron chi connectivity index (χ1n) is 9.84. The minimum absolute atomic E-state index is 0.662. The number of benzene rings is 2. The van der Waals surface area contributed by atoms with Crippen molar-refractivity contribution in [1.29, 1.82) is 0 Å². The number of hydrogen-bond donors (Lipinski definition) is 0. The predicted octanol–water partition coefficient (Wildman–Crippen LogP) is 4.30. The van der Waals surface area contributed by atoms with E-state index in [1.165, 1.54) is 16.7 Å². The van der Waals surface area contributed by atoms with E-state index in [1.807, 2.05) is 4.52 Å². The van der Waals surface area contributed by atoms with E-state index < -0.39 is 0 Å². The minimum atomic E-state index is 0.662. The summed E-state index contributed by atoms with van der Waals surface area (Å²) in [5.74, 6) is 1.75. The fraction of sp³-hybridized carbons (Fsp3) is 0.261. The molecule has 0 N–H and O–H groups in total. The van der Waals surface area contributed by atoms with Gasteiger partial charge in [0, 0.05) is 25.1 Å². The van der Waals surface area contributed by atoms with Crippen LogP contribution in [0.1, 0.15) is 36.2 Å². The Morgan fingerprint density at radius 3 is 2.21 bits per heavy atom. The first kappa shape index (κ1) is 18.2. The molecule has 0 amide bonds. The molecule has 2 heterocycles. The molecule has 5 heteroatoms. The molecule has 28 heavy (non-hydrogen) atoms. The summed E-state index contributed by atoms with van der Waals surface area (Å²) in [7, 11) is 0. The van der Waals surface area contributed by atoms with Crippen molar-refractivity contribution in [2.75, 3.05) is 11.4 Å². The van der Waals surface area contributed by atoms with E-state index >= 15 is 0 Å². The second-order valence-corrected chi connectivity index (χ2v) is 6.85. The lowest BCUT2D eigenvalue weighted by Crippen LogP contribution is -2.27. The second kappa shape index (κ2) is 8.21. The number of hydrogen-bond acceptors (Lipinski definition) is 4. The van der Waals surface area contributed by atoms with Crippen molar-refractivity contribution in [2.45, 2.75) is 33.2 Å². The van der Waals surface area contributed by atoms with Crippen molar-refractivity contribution in [3.63, 3.8) is 0 Å². The van der Waals surface area contributed by atoms with Crippen molar-refractivity contribution in [1.82, 2.24) is 19.6 Å². The highest BCUT2D eigenvalue weighted by Gasteiger charge is 2.21. The average molecular weight is 371 g/mol. The van der Waals surface area contributed by atoms with Crippen molar-refractivity contribution in [2.24, 2.45) is 0 Å². The van der Waals surface area contributed by atoms with Gasteiger partial charge in [-0.3, -0.25) is 0 Å². The third-order valence-electron chi connectivity index (χ3n) is 5.04. The van der Waals surface area contributed by atoms with Gasteiger partial charge < -0.3 is 4.90 Å². The van der Waals surface area contributed by atoms with Gasteiger partial charge in [0.2, 0.25) is 0 Å². The molecule has 0 unspecified atom stereocenters. The van der Waals surface area contributed by atoms with E-state index in [2.05, 4.69) is 89.5 Å². The van der Waals surface area contributed by atoms with Gasteiger partial charge in [-0.05, 0) is 24.5 Å². The normalized spacial score (nSPS) is 11.1. The van der Waals surface area contributed by atoms with E-state index in [-0.39, 0.29) is 0 Å². The van der Waals surface area contributed by atoms with Crippen molar-refractivity contribution in [3.05, 3.63) is 89.4 Å². The van der Waals surface area contributed by atoms with E-state index in [1.54, 1.807) is 6.33 Å². The molecule has 4 aromatic rings. The Hall–Kier alpha value is -3.21. The Morgan fingerprint density at radius 2 is 1.57 bits per heavy atom. The quantitative estimate of drug-likeness (QED) is 0.486. The predicted molar refractivity (Wildman–Crippen MR) is 113 cm³/mol. The van der Waals surface area contributed by atoms with Crippen LogP contribution in [0.2, 0.25) is 0 Å². The molecule has 0 radical (unpaired) electrons. The van der Waals surface area contributed by atoms with Crippen LogP contribution in [0.3, 0.4) is 0 Å². The number of nitrogens with zero attached hydrogens (tertiary/aromatic N) is 5. The molecular formula is C23H25N5. The molecule has 142 valence electrons. The molecule has 0 saturated carbocycles. The molecular weight excluding hydrogens is 346 g/mol. The standard InChI is InChI=1S/C23H25N5/c1-3-21-20(15-18-11-7-5-8-12-18)22(28-23(26-21)24-17-25-28)27(4-2)16-19-13-9-6-10-14-19/h5-14,17H,3-4,15-16H2,1-2H3. The molecule has 5 nitrogen and oxygen atoms in total. The van der Waals surface area contributed by atoms with Gasteiger partial charge in [0.15, 0.2) is 0 Å². The monoisotopic (exact) mass is 371 g/mol. The number of rotatable bonds is 7. The van der Waals surface area contributed by atoms with Gasteiger partial charge in [0.25, 0.3) is 5.78 Å². The van der Waals surface area contributed by atoms with Crippen molar-refractivity contribution >= 4 is 11.6 Å². The molecule has 2 aromatic carbocycles. The lowest BCUT2D eigenvalue weighted by molar-refractivity contribution is 0.756. The lowest BCUT2D eigenvalue weighted by Gasteiger charge is -2.27. The summed E-state index contributed by atoms with van der Waals surface area (Å²) in [4.78, 5) is 11.5. The number of anilines is 1. The number of aryl methyl sites for hydroxylation is 1. The zero-order valence-electron chi connectivity index (χ0n) is 16.4. The Kier molecular flexibility index (Phi) is 5.33. The summed E-state index contributed by atoms with van der Waals surface area (Å²) in [5.41, 5.74) is 4.86. The van der Waals surface area contributed by atoms with Gasteiger partial charge in [0.05, 0.1) is 5.69 Å². The highest BCUT2D eigenvalue weighted by molar-refractivity contribution is 5.56. The lowest BCUT2D eigenvalue weighted by atomic mass is 10.0. The van der Waals surface area contributed by atoms with Crippen LogP contribution in [0.5, 0.6) is 0 Å². The number of aromatic nitrogens is 4. The van der Waals surface area contributed by atoms with Gasteiger partial charge in [-0.1, -0.05) is 67.6 Å². The van der Waals surface area contributed by atoms with Gasteiger partial charge in [-0.25, -0.2) is 4.98 Å². The summed E-state index contributed by atoms with van der Waals surface area (Å²) in [5, 5.41) is 4.51. The van der Waals surface area contributed by atoms with Crippen LogP contribution in [0.4, 0.5) is 5.82 Å². The summed E-state index contributed by atoms with van der Waals surface area (Å²) in [6.45, 7) is 6.03. The largest absolute Gasteiger partial charge is 0.352 e. The maximum atomic E-state index is 4.80. The van der Waals surface area contributed by atoms with Crippen LogP contribution in [0.25, 0.3) is 5.78 Å². The summed E-state index contributed by atoms with van der Waals surface area (Å²) in [6, 6.07) is 21.1. The van der Waals surface area contributed by atoms with Crippen LogP contribution in [0, 0.1) is 0 Å². The first-order chi connectivity index (χ1) is 13.8. The SMILES string of the molecule is CCc1nc2ncnn2c(N(CC)Cc2ccccc2)c1Cc1ccccc1. The molecule has 2 aromatic heterocycles. The maximum absolute atomic E-state index is 4.80. The fourth-order valence-electron chi connectivity index (χ4n) is 3.64. The van der Waals surface area contributed by atoms with Crippen LogP contribution >= 0.6 is 0 Å². The molecule has 4 rings (SSSR count). The second-order valence-electron chi connectivity index (χ2n) is 6.85. The number of fused-ring (bicyclic) bond motifs is 1. The average Bonchev–Trinajstić information content (AvgIpc) is 3.21. The van der Waals surface area contributed by atoms with Gasteiger partial charge in [-0.15, -0.1) is 0 Å². The van der Waals surface area contributed by atoms with E-state index in [9.17, 15) is 0 Å². The minimum Gasteiger partial charge on any atom is -0.352 e. The third kappa shape index (κ3) is 3.60. The summed E-state index contributed by atoms with van der Waals surface area (Å²) in [6.07, 6.45) is 3.28. The van der Waals surface area contributed by atoms with Crippen LogP contribution < -0.4 is 4.90 Å². The Bertz CT molecular complexity index is 1040. The van der Waals surface area contributed by atoms with Crippen LogP contribution in [-0.2, 0) is 19.4 Å². The molecule has 0 spiro atoms. The summed E-state index contributed by atoms with van der Waals surface area (Å²) >= 11 is 0. The molecule has 0 atom stereocenters. The van der Waals surface area contributed by atoms with Gasteiger partial charge >= 0.3 is 0 Å². The van der Waals surface area contributed by atoms with E-state index in [0.29, 0.717) is 5.78 Å². The molecule has 0 bridgehead atoms. The van der Waals surface area contributed by atoms with E-state index in [0.717, 1.165) is 37.4 Å². The Morgan fingerprint density at radius 1 is 0.893 bits per heavy atom. The summed E-state index contributed by atoms with van der Waals surface area (Å²) < 4.78 is 1.89. The van der Waals surface area contributed by atoms with E-state index in [4.69, 9.17) is 4.98 Å². The van der Waals surface area contributed by atoms with Gasteiger partial charge in [0.1, 0.15) is 12.1 Å².